The van der Waals surface area contributed by atoms with Crippen LogP contribution in [0, 0.1) is 0 Å². The first-order valence-electron chi connectivity index (χ1n) is 7.52. The number of carboxylic acids is 1. The maximum Gasteiger partial charge on any atom is 0.335 e. The van der Waals surface area contributed by atoms with Crippen LogP contribution >= 0.6 is 0 Å². The molecule has 0 saturated heterocycles. The van der Waals surface area contributed by atoms with Gasteiger partial charge in [-0.3, -0.25) is 0 Å². The van der Waals surface area contributed by atoms with Crippen molar-refractivity contribution in [3.05, 3.63) is 35.4 Å². The average Bonchev–Trinajstić information content (AvgIpc) is 2.49. The summed E-state index contributed by atoms with van der Waals surface area (Å²) < 4.78 is 0. The smallest absolute Gasteiger partial charge is 0.335 e. The minimum absolute atomic E-state index is 0.107. The van der Waals surface area contributed by atoms with E-state index in [4.69, 9.17) is 5.11 Å². The summed E-state index contributed by atoms with van der Waals surface area (Å²) >= 11 is 0. The molecule has 0 aromatic heterocycles. The van der Waals surface area contributed by atoms with E-state index in [0.717, 1.165) is 18.4 Å². The molecule has 2 rings (SSSR count). The van der Waals surface area contributed by atoms with Crippen LogP contribution in [-0.4, -0.2) is 29.7 Å². The zero-order valence-corrected chi connectivity index (χ0v) is 12.1. The van der Waals surface area contributed by atoms with Crippen LogP contribution in [0.1, 0.15) is 48.0 Å². The highest BCUT2D eigenvalue weighted by Gasteiger charge is 2.15. The van der Waals surface area contributed by atoms with Crippen LogP contribution in [0.4, 0.5) is 4.79 Å². The first-order valence-corrected chi connectivity index (χ1v) is 7.52. The Balaban J connectivity index is 1.68. The van der Waals surface area contributed by atoms with Crippen molar-refractivity contribution < 1.29 is 14.7 Å². The van der Waals surface area contributed by atoms with Crippen molar-refractivity contribution in [2.75, 3.05) is 6.54 Å². The molecule has 0 unspecified atom stereocenters. The van der Waals surface area contributed by atoms with Gasteiger partial charge in [-0.25, -0.2) is 9.59 Å². The lowest BCUT2D eigenvalue weighted by molar-refractivity contribution is 0.0697. The Labute approximate surface area is 124 Å². The van der Waals surface area contributed by atoms with E-state index in [1.54, 1.807) is 24.3 Å². The summed E-state index contributed by atoms with van der Waals surface area (Å²) in [4.78, 5) is 22.5. The molecule has 1 aliphatic carbocycles. The first kappa shape index (κ1) is 15.4. The third kappa shape index (κ3) is 5.10. The molecule has 21 heavy (non-hydrogen) atoms. The molecule has 0 spiro atoms. The molecule has 0 atom stereocenters. The van der Waals surface area contributed by atoms with Crippen molar-refractivity contribution in [2.45, 2.75) is 44.6 Å². The van der Waals surface area contributed by atoms with E-state index < -0.39 is 5.97 Å². The first-order chi connectivity index (χ1) is 10.1. The third-order valence-electron chi connectivity index (χ3n) is 3.84. The number of carbonyl (C=O) groups is 2. The van der Waals surface area contributed by atoms with Gasteiger partial charge in [-0.15, -0.1) is 0 Å². The number of hydrogen-bond acceptors (Lipinski definition) is 2. The van der Waals surface area contributed by atoms with Crippen LogP contribution in [0.15, 0.2) is 24.3 Å². The van der Waals surface area contributed by atoms with Gasteiger partial charge in [0.05, 0.1) is 5.56 Å². The van der Waals surface area contributed by atoms with E-state index in [2.05, 4.69) is 10.6 Å². The summed E-state index contributed by atoms with van der Waals surface area (Å²) in [5.74, 6) is -0.925. The molecular weight excluding hydrogens is 268 g/mol. The lowest BCUT2D eigenvalue weighted by Gasteiger charge is -2.22. The highest BCUT2D eigenvalue weighted by molar-refractivity contribution is 5.87. The molecule has 1 aromatic rings. The molecule has 1 aromatic carbocycles. The molecule has 1 fully saturated rings. The number of amides is 2. The summed E-state index contributed by atoms with van der Waals surface area (Å²) in [6.07, 6.45) is 6.50. The molecule has 2 amide bonds. The number of carboxylic acid groups (broad SMARTS) is 1. The van der Waals surface area contributed by atoms with Crippen molar-refractivity contribution in [3.8, 4) is 0 Å². The van der Waals surface area contributed by atoms with Gasteiger partial charge in [-0.2, -0.15) is 0 Å². The van der Waals surface area contributed by atoms with E-state index in [1.807, 2.05) is 0 Å². The molecule has 5 nitrogen and oxygen atoms in total. The van der Waals surface area contributed by atoms with Crippen LogP contribution in [-0.2, 0) is 6.42 Å². The Morgan fingerprint density at radius 2 is 1.76 bits per heavy atom. The molecule has 3 N–H and O–H groups in total. The average molecular weight is 290 g/mol. The van der Waals surface area contributed by atoms with E-state index in [0.29, 0.717) is 19.0 Å². The van der Waals surface area contributed by atoms with E-state index in [1.165, 1.54) is 19.3 Å². The number of hydrogen-bond donors (Lipinski definition) is 3. The van der Waals surface area contributed by atoms with Crippen molar-refractivity contribution in [1.29, 1.82) is 0 Å². The fourth-order valence-electron chi connectivity index (χ4n) is 2.62. The Morgan fingerprint density at radius 3 is 2.38 bits per heavy atom. The van der Waals surface area contributed by atoms with Crippen molar-refractivity contribution in [3.63, 3.8) is 0 Å². The summed E-state index contributed by atoms with van der Waals surface area (Å²) in [6.45, 7) is 0.547. The largest absolute Gasteiger partial charge is 0.478 e. The second-order valence-electron chi connectivity index (χ2n) is 5.49. The van der Waals surface area contributed by atoms with Crippen molar-refractivity contribution in [1.82, 2.24) is 10.6 Å². The number of rotatable bonds is 5. The van der Waals surface area contributed by atoms with Gasteiger partial charge < -0.3 is 15.7 Å². The maximum atomic E-state index is 11.7. The molecule has 1 aliphatic rings. The lowest BCUT2D eigenvalue weighted by atomic mass is 9.96. The normalized spacial score (nSPS) is 15.4. The Kier molecular flexibility index (Phi) is 5.60. The van der Waals surface area contributed by atoms with Gasteiger partial charge in [-0.05, 0) is 37.0 Å². The molecule has 0 radical (unpaired) electrons. The Bertz CT molecular complexity index is 479. The summed E-state index contributed by atoms with van der Waals surface area (Å²) in [6, 6.07) is 6.94. The Morgan fingerprint density at radius 1 is 1.10 bits per heavy atom. The lowest BCUT2D eigenvalue weighted by Crippen LogP contribution is -2.43. The van der Waals surface area contributed by atoms with Gasteiger partial charge >= 0.3 is 12.0 Å². The Hall–Kier alpha value is -2.04. The number of carbonyl (C=O) groups excluding carboxylic acids is 1. The topological polar surface area (TPSA) is 78.4 Å². The minimum Gasteiger partial charge on any atom is -0.478 e. The van der Waals surface area contributed by atoms with E-state index in [9.17, 15) is 9.59 Å². The SMILES string of the molecule is O=C(NCCc1ccc(C(=O)O)cc1)NC1CCCCC1. The van der Waals surface area contributed by atoms with Gasteiger partial charge in [-0.1, -0.05) is 31.4 Å². The predicted octanol–water partition coefficient (Wildman–Crippen LogP) is 2.56. The molecule has 0 aliphatic heterocycles. The minimum atomic E-state index is -0.925. The summed E-state index contributed by atoms with van der Waals surface area (Å²) in [5, 5.41) is 14.7. The van der Waals surface area contributed by atoms with Gasteiger partial charge in [0.2, 0.25) is 0 Å². The summed E-state index contributed by atoms with van der Waals surface area (Å²) in [5.41, 5.74) is 1.29. The summed E-state index contributed by atoms with van der Waals surface area (Å²) in [7, 11) is 0. The molecule has 5 heteroatoms. The van der Waals surface area contributed by atoms with Gasteiger partial charge in [0.1, 0.15) is 0 Å². The highest BCUT2D eigenvalue weighted by Crippen LogP contribution is 2.17. The van der Waals surface area contributed by atoms with Crippen LogP contribution in [0.25, 0.3) is 0 Å². The fraction of sp³-hybridized carbons (Fsp3) is 0.500. The molecule has 0 heterocycles. The van der Waals surface area contributed by atoms with Crippen LogP contribution in [0.2, 0.25) is 0 Å². The molecule has 0 bridgehead atoms. The second-order valence-corrected chi connectivity index (χ2v) is 5.49. The number of urea groups is 1. The van der Waals surface area contributed by atoms with E-state index in [-0.39, 0.29) is 11.6 Å². The second kappa shape index (κ2) is 7.67. The molecule has 1 saturated carbocycles. The monoisotopic (exact) mass is 290 g/mol. The van der Waals surface area contributed by atoms with Crippen LogP contribution in [0.3, 0.4) is 0 Å². The van der Waals surface area contributed by atoms with Gasteiger partial charge in [0.15, 0.2) is 0 Å². The van der Waals surface area contributed by atoms with Crippen molar-refractivity contribution in [2.24, 2.45) is 0 Å². The van der Waals surface area contributed by atoms with Crippen LogP contribution < -0.4 is 10.6 Å². The third-order valence-corrected chi connectivity index (χ3v) is 3.84. The molecular formula is C16H22N2O3. The number of benzene rings is 1. The standard InChI is InChI=1S/C16H22N2O3/c19-15(20)13-8-6-12(7-9-13)10-11-17-16(21)18-14-4-2-1-3-5-14/h6-9,14H,1-5,10-11H2,(H,19,20)(H2,17,18,21). The zero-order valence-electron chi connectivity index (χ0n) is 12.1. The zero-order chi connectivity index (χ0) is 15.1. The van der Waals surface area contributed by atoms with Gasteiger partial charge in [0.25, 0.3) is 0 Å². The van der Waals surface area contributed by atoms with E-state index >= 15 is 0 Å². The van der Waals surface area contributed by atoms with Gasteiger partial charge in [0, 0.05) is 12.6 Å². The quantitative estimate of drug-likeness (QED) is 0.780. The van der Waals surface area contributed by atoms with Crippen molar-refractivity contribution >= 4 is 12.0 Å². The molecule has 114 valence electrons. The predicted molar refractivity (Wildman–Crippen MR) is 80.5 cm³/mol. The number of nitrogens with one attached hydrogen (secondary N) is 2. The van der Waals surface area contributed by atoms with Crippen LogP contribution in [0.5, 0.6) is 0 Å². The maximum absolute atomic E-state index is 11.7. The number of aromatic carboxylic acids is 1. The highest BCUT2D eigenvalue weighted by atomic mass is 16.4. The fourth-order valence-corrected chi connectivity index (χ4v) is 2.62.